The van der Waals surface area contributed by atoms with Crippen LogP contribution in [0.5, 0.6) is 23.0 Å². The van der Waals surface area contributed by atoms with Crippen LogP contribution in [0.4, 0.5) is 0 Å². The molecule has 1 aliphatic heterocycles. The number of hydrogen-bond acceptors (Lipinski definition) is 9. The molecular formula is C33H30Cl2N2O7S. The molecule has 12 heteroatoms. The van der Waals surface area contributed by atoms with E-state index in [0.717, 1.165) is 5.56 Å². The first-order valence-electron chi connectivity index (χ1n) is 14.0. The normalized spacial score (nSPS) is 14.2. The van der Waals surface area contributed by atoms with Crippen LogP contribution in [0.15, 0.2) is 76.2 Å². The quantitative estimate of drug-likeness (QED) is 0.189. The zero-order valence-corrected chi connectivity index (χ0v) is 27.3. The third-order valence-corrected chi connectivity index (χ3v) is 8.53. The van der Waals surface area contributed by atoms with Gasteiger partial charge in [-0.25, -0.2) is 9.79 Å². The Balaban J connectivity index is 1.57. The topological polar surface area (TPSA) is 97.6 Å². The number of aromatic nitrogens is 1. The molecule has 45 heavy (non-hydrogen) atoms. The SMILES string of the molecule is CCOc1ccc([C@H]2C(C(=O)OC)=CN=c3s/c(=C\c4cc(Cl)c(OCc5ccccc5Cl)c(OC)c4)c(=O)n32)cc1OCC. The van der Waals surface area contributed by atoms with E-state index in [1.165, 1.54) is 36.3 Å². The van der Waals surface area contributed by atoms with E-state index in [1.807, 2.05) is 32.0 Å². The highest BCUT2D eigenvalue weighted by Gasteiger charge is 2.31. The third kappa shape index (κ3) is 6.73. The van der Waals surface area contributed by atoms with Gasteiger partial charge in [0, 0.05) is 16.8 Å². The molecule has 0 amide bonds. The van der Waals surface area contributed by atoms with Crippen molar-refractivity contribution in [2.75, 3.05) is 27.4 Å². The summed E-state index contributed by atoms with van der Waals surface area (Å²) in [6.45, 7) is 4.79. The van der Waals surface area contributed by atoms with Gasteiger partial charge in [-0.05, 0) is 61.4 Å². The van der Waals surface area contributed by atoms with Crippen LogP contribution in [0.1, 0.15) is 36.6 Å². The van der Waals surface area contributed by atoms with Crippen molar-refractivity contribution >= 4 is 46.6 Å². The van der Waals surface area contributed by atoms with Crippen LogP contribution in [-0.4, -0.2) is 38.0 Å². The summed E-state index contributed by atoms with van der Waals surface area (Å²) in [5, 5.41) is 0.872. The number of rotatable bonds is 11. The third-order valence-electron chi connectivity index (χ3n) is 6.89. The summed E-state index contributed by atoms with van der Waals surface area (Å²) < 4.78 is 30.0. The van der Waals surface area contributed by atoms with Crippen molar-refractivity contribution in [1.29, 1.82) is 0 Å². The monoisotopic (exact) mass is 668 g/mol. The number of carbonyl (C=O) groups excluding carboxylic acids is 1. The highest BCUT2D eigenvalue weighted by molar-refractivity contribution is 7.07. The lowest BCUT2D eigenvalue weighted by Crippen LogP contribution is -2.39. The molecular weight excluding hydrogens is 639 g/mol. The summed E-state index contributed by atoms with van der Waals surface area (Å²) in [4.78, 5) is 31.7. The number of carbonyl (C=O) groups is 1. The molecule has 234 valence electrons. The molecule has 0 N–H and O–H groups in total. The first-order valence-corrected chi connectivity index (χ1v) is 15.6. The summed E-state index contributed by atoms with van der Waals surface area (Å²) in [6, 6.07) is 15.3. The Hall–Kier alpha value is -4.25. The maximum absolute atomic E-state index is 14.0. The number of ether oxygens (including phenoxy) is 5. The van der Waals surface area contributed by atoms with Crippen LogP contribution in [-0.2, 0) is 16.1 Å². The molecule has 0 saturated heterocycles. The maximum atomic E-state index is 14.0. The van der Waals surface area contributed by atoms with Gasteiger partial charge in [0.1, 0.15) is 6.61 Å². The van der Waals surface area contributed by atoms with E-state index >= 15 is 0 Å². The molecule has 0 spiro atoms. The Morgan fingerprint density at radius 1 is 0.956 bits per heavy atom. The van der Waals surface area contributed by atoms with Crippen LogP contribution in [0.3, 0.4) is 0 Å². The fourth-order valence-corrected chi connectivity index (χ4v) is 6.30. The number of halogens is 2. The van der Waals surface area contributed by atoms with E-state index in [2.05, 4.69) is 4.99 Å². The number of fused-ring (bicyclic) bond motifs is 1. The van der Waals surface area contributed by atoms with Crippen molar-refractivity contribution in [3.05, 3.63) is 113 Å². The Kier molecular flexibility index (Phi) is 10.2. The molecule has 1 aromatic heterocycles. The van der Waals surface area contributed by atoms with Crippen molar-refractivity contribution in [1.82, 2.24) is 4.57 Å². The molecule has 1 atom stereocenters. The number of methoxy groups -OCH3 is 2. The molecule has 0 aliphatic carbocycles. The molecule has 5 rings (SSSR count). The van der Waals surface area contributed by atoms with Gasteiger partial charge in [-0.15, -0.1) is 0 Å². The second-order valence-corrected chi connectivity index (χ2v) is 11.5. The van der Waals surface area contributed by atoms with Gasteiger partial charge >= 0.3 is 5.97 Å². The minimum atomic E-state index is -0.815. The molecule has 0 fully saturated rings. The molecule has 4 aromatic rings. The summed E-state index contributed by atoms with van der Waals surface area (Å²) >= 11 is 14.1. The molecule has 0 saturated carbocycles. The lowest BCUT2D eigenvalue weighted by atomic mass is 9.97. The highest BCUT2D eigenvalue weighted by atomic mass is 35.5. The van der Waals surface area contributed by atoms with Gasteiger partial charge < -0.3 is 23.7 Å². The van der Waals surface area contributed by atoms with E-state index in [-0.39, 0.29) is 17.7 Å². The van der Waals surface area contributed by atoms with Crippen LogP contribution in [0, 0.1) is 0 Å². The fraction of sp³-hybridized carbons (Fsp3) is 0.242. The standard InChI is InChI=1S/C33H30Cl2N2O7S/c1-5-42-25-12-11-20(16-26(25)43-6-2)29-22(32(39)41-4)17-36-33-37(29)31(38)28(45-33)15-19-13-24(35)30(27(14-19)40-3)44-18-21-9-7-8-10-23(21)34/h7-17,29H,5-6,18H2,1-4H3/b28-15-/t29-/m0/s1. The Bertz CT molecular complexity index is 1950. The number of esters is 1. The van der Waals surface area contributed by atoms with Crippen LogP contribution < -0.4 is 33.8 Å². The summed E-state index contributed by atoms with van der Waals surface area (Å²) in [7, 11) is 2.79. The number of benzene rings is 3. The Labute approximate surface area is 273 Å². The van der Waals surface area contributed by atoms with E-state index in [1.54, 1.807) is 42.5 Å². The molecule has 0 bridgehead atoms. The first kappa shape index (κ1) is 32.2. The van der Waals surface area contributed by atoms with Crippen molar-refractivity contribution in [3.63, 3.8) is 0 Å². The molecule has 3 aromatic carbocycles. The summed E-state index contributed by atoms with van der Waals surface area (Å²) in [5.41, 5.74) is 1.89. The van der Waals surface area contributed by atoms with Crippen LogP contribution in [0.25, 0.3) is 6.08 Å². The molecule has 0 unspecified atom stereocenters. The number of thiazole rings is 1. The maximum Gasteiger partial charge on any atom is 0.337 e. The van der Waals surface area contributed by atoms with E-state index in [9.17, 15) is 9.59 Å². The number of nitrogens with zero attached hydrogens (tertiary/aromatic N) is 2. The molecule has 1 aliphatic rings. The second-order valence-electron chi connectivity index (χ2n) is 9.66. The average Bonchev–Trinajstić information content (AvgIpc) is 3.35. The molecule has 9 nitrogen and oxygen atoms in total. The minimum Gasteiger partial charge on any atom is -0.493 e. The average molecular weight is 670 g/mol. The lowest BCUT2D eigenvalue weighted by molar-refractivity contribution is -0.136. The van der Waals surface area contributed by atoms with Gasteiger partial charge in [-0.3, -0.25) is 9.36 Å². The predicted octanol–water partition coefficient (Wildman–Crippen LogP) is 5.71. The first-order chi connectivity index (χ1) is 21.8. The largest absolute Gasteiger partial charge is 0.493 e. The minimum absolute atomic E-state index is 0.187. The van der Waals surface area contributed by atoms with Crippen molar-refractivity contribution < 1.29 is 28.5 Å². The predicted molar refractivity (Wildman–Crippen MR) is 174 cm³/mol. The smallest absolute Gasteiger partial charge is 0.337 e. The van der Waals surface area contributed by atoms with Gasteiger partial charge in [0.05, 0.1) is 48.6 Å². The van der Waals surface area contributed by atoms with Crippen molar-refractivity contribution in [3.8, 4) is 23.0 Å². The van der Waals surface area contributed by atoms with E-state index in [4.69, 9.17) is 46.9 Å². The zero-order valence-electron chi connectivity index (χ0n) is 25.0. The van der Waals surface area contributed by atoms with Crippen molar-refractivity contribution in [2.24, 2.45) is 4.99 Å². The lowest BCUT2D eigenvalue weighted by Gasteiger charge is -2.23. The van der Waals surface area contributed by atoms with Gasteiger partial charge in [-0.1, -0.05) is 58.8 Å². The Morgan fingerprint density at radius 2 is 1.71 bits per heavy atom. The Morgan fingerprint density at radius 3 is 2.42 bits per heavy atom. The second kappa shape index (κ2) is 14.2. The van der Waals surface area contributed by atoms with E-state index in [0.29, 0.717) is 66.7 Å². The van der Waals surface area contributed by atoms with Gasteiger partial charge in [0.15, 0.2) is 27.8 Å². The summed E-state index contributed by atoms with van der Waals surface area (Å²) in [5.74, 6) is 1.19. The molecule has 2 heterocycles. The van der Waals surface area contributed by atoms with Gasteiger partial charge in [0.2, 0.25) is 0 Å². The zero-order chi connectivity index (χ0) is 32.1. The van der Waals surface area contributed by atoms with Crippen LogP contribution in [0.2, 0.25) is 10.0 Å². The highest BCUT2D eigenvalue weighted by Crippen LogP contribution is 2.38. The van der Waals surface area contributed by atoms with Gasteiger partial charge in [0.25, 0.3) is 5.56 Å². The number of hydrogen-bond donors (Lipinski definition) is 0. The molecule has 0 radical (unpaired) electrons. The fourth-order valence-electron chi connectivity index (χ4n) is 4.87. The van der Waals surface area contributed by atoms with Gasteiger partial charge in [-0.2, -0.15) is 0 Å². The van der Waals surface area contributed by atoms with Crippen molar-refractivity contribution in [2.45, 2.75) is 26.5 Å². The van der Waals surface area contributed by atoms with Crippen LogP contribution >= 0.6 is 34.5 Å². The summed E-state index contributed by atoms with van der Waals surface area (Å²) in [6.07, 6.45) is 3.13. The van der Waals surface area contributed by atoms with E-state index < -0.39 is 12.0 Å².